The monoisotopic (exact) mass is 386 g/mol. The second kappa shape index (κ2) is 15.7. The molecule has 2 unspecified atom stereocenters. The first-order chi connectivity index (χ1) is 13.2. The van der Waals surface area contributed by atoms with E-state index in [2.05, 4.69) is 27.7 Å². The number of ether oxygens (including phenoxy) is 4. The van der Waals surface area contributed by atoms with Crippen LogP contribution >= 0.6 is 0 Å². The van der Waals surface area contributed by atoms with E-state index in [1.54, 1.807) is 0 Å². The van der Waals surface area contributed by atoms with Crippen LogP contribution in [-0.2, 0) is 18.9 Å². The Morgan fingerprint density at radius 2 is 1.52 bits per heavy atom. The first-order valence-corrected chi connectivity index (χ1v) is 11.7. The van der Waals surface area contributed by atoms with Crippen LogP contribution in [0.1, 0.15) is 98.3 Å². The molecule has 4 nitrogen and oxygen atoms in total. The van der Waals surface area contributed by atoms with Crippen LogP contribution in [0.2, 0.25) is 0 Å². The minimum atomic E-state index is -0.417. The van der Waals surface area contributed by atoms with Crippen molar-refractivity contribution in [2.24, 2.45) is 5.92 Å². The van der Waals surface area contributed by atoms with E-state index in [4.69, 9.17) is 18.9 Å². The first kappa shape index (κ1) is 24.9. The van der Waals surface area contributed by atoms with Gasteiger partial charge in [-0.3, -0.25) is 0 Å². The molecule has 0 aromatic rings. The van der Waals surface area contributed by atoms with E-state index in [9.17, 15) is 0 Å². The van der Waals surface area contributed by atoms with Crippen molar-refractivity contribution >= 4 is 0 Å². The number of rotatable bonds is 20. The highest BCUT2D eigenvalue weighted by Crippen LogP contribution is 2.32. The number of hydrogen-bond acceptors (Lipinski definition) is 4. The average molecular weight is 387 g/mol. The van der Waals surface area contributed by atoms with Gasteiger partial charge in [-0.2, -0.15) is 0 Å². The fourth-order valence-electron chi connectivity index (χ4n) is 3.54. The van der Waals surface area contributed by atoms with Crippen molar-refractivity contribution in [3.8, 4) is 0 Å². The molecule has 0 aliphatic carbocycles. The van der Waals surface area contributed by atoms with Gasteiger partial charge in [-0.15, -0.1) is 0 Å². The van der Waals surface area contributed by atoms with Crippen molar-refractivity contribution in [2.45, 2.75) is 110 Å². The third-order valence-corrected chi connectivity index (χ3v) is 5.37. The first-order valence-electron chi connectivity index (χ1n) is 11.7. The fourth-order valence-corrected chi connectivity index (χ4v) is 3.54. The Bertz CT molecular complexity index is 322. The molecule has 1 fully saturated rings. The van der Waals surface area contributed by atoms with Gasteiger partial charge in [-0.1, -0.05) is 66.2 Å². The molecule has 27 heavy (non-hydrogen) atoms. The second-order valence-corrected chi connectivity index (χ2v) is 8.05. The quantitative estimate of drug-likeness (QED) is 0.144. The van der Waals surface area contributed by atoms with Crippen LogP contribution in [0.4, 0.5) is 0 Å². The average Bonchev–Trinajstić information content (AvgIpc) is 3.51. The van der Waals surface area contributed by atoms with Crippen molar-refractivity contribution in [3.05, 3.63) is 0 Å². The van der Waals surface area contributed by atoms with Gasteiger partial charge in [0.05, 0.1) is 13.2 Å². The van der Waals surface area contributed by atoms with Crippen LogP contribution in [0.3, 0.4) is 0 Å². The highest BCUT2D eigenvalue weighted by molar-refractivity contribution is 4.75. The summed E-state index contributed by atoms with van der Waals surface area (Å²) in [5.41, 5.74) is 0. The fraction of sp³-hybridized carbons (Fsp3) is 1.00. The van der Waals surface area contributed by atoms with Crippen LogP contribution in [0.5, 0.6) is 0 Å². The van der Waals surface area contributed by atoms with Crippen LogP contribution in [0, 0.1) is 5.92 Å². The van der Waals surface area contributed by atoms with Crippen molar-refractivity contribution in [1.82, 2.24) is 0 Å². The van der Waals surface area contributed by atoms with Gasteiger partial charge in [0.1, 0.15) is 6.10 Å². The van der Waals surface area contributed by atoms with Gasteiger partial charge in [-0.25, -0.2) is 0 Å². The zero-order valence-electron chi connectivity index (χ0n) is 18.6. The van der Waals surface area contributed by atoms with Gasteiger partial charge in [0, 0.05) is 26.2 Å². The van der Waals surface area contributed by atoms with E-state index in [1.165, 1.54) is 38.5 Å². The van der Waals surface area contributed by atoms with Crippen molar-refractivity contribution in [3.63, 3.8) is 0 Å². The molecule has 1 saturated heterocycles. The molecule has 0 bridgehead atoms. The lowest BCUT2D eigenvalue weighted by atomic mass is 9.89. The summed E-state index contributed by atoms with van der Waals surface area (Å²) < 4.78 is 23.6. The molecule has 2 atom stereocenters. The number of hydrogen-bond donors (Lipinski definition) is 0. The molecule has 162 valence electrons. The van der Waals surface area contributed by atoms with Crippen LogP contribution in [0.15, 0.2) is 0 Å². The molecular weight excluding hydrogens is 340 g/mol. The summed E-state index contributed by atoms with van der Waals surface area (Å²) in [6.07, 6.45) is 13.3. The molecule has 1 aliphatic heterocycles. The van der Waals surface area contributed by atoms with Crippen LogP contribution in [-0.4, -0.2) is 44.9 Å². The van der Waals surface area contributed by atoms with E-state index < -0.39 is 5.79 Å². The Kier molecular flexibility index (Phi) is 14.5. The lowest BCUT2D eigenvalue weighted by molar-refractivity contribution is -0.249. The molecule has 1 heterocycles. The van der Waals surface area contributed by atoms with E-state index in [-0.39, 0.29) is 0 Å². The number of unbranched alkanes of at least 4 members (excludes halogenated alkanes) is 4. The minimum Gasteiger partial charge on any atom is -0.379 e. The zero-order valence-corrected chi connectivity index (χ0v) is 18.6. The smallest absolute Gasteiger partial charge is 0.168 e. The molecule has 4 heteroatoms. The second-order valence-electron chi connectivity index (χ2n) is 8.05. The largest absolute Gasteiger partial charge is 0.379 e. The maximum Gasteiger partial charge on any atom is 0.168 e. The van der Waals surface area contributed by atoms with Gasteiger partial charge in [-0.05, 0) is 31.6 Å². The SMILES string of the molecule is CCCCCCCC(CCOCC1CO1)CC(CC)(OCCC)OCCC. The van der Waals surface area contributed by atoms with Gasteiger partial charge >= 0.3 is 0 Å². The summed E-state index contributed by atoms with van der Waals surface area (Å²) in [7, 11) is 0. The standard InChI is InChI=1S/C23H46O4/c1-5-9-10-11-12-13-21(14-17-24-19-22-20-25-22)18-23(8-4,26-15-6-2)27-16-7-3/h21-22H,5-20H2,1-4H3. The Morgan fingerprint density at radius 3 is 2.07 bits per heavy atom. The van der Waals surface area contributed by atoms with Gasteiger partial charge in [0.2, 0.25) is 0 Å². The Morgan fingerprint density at radius 1 is 0.852 bits per heavy atom. The van der Waals surface area contributed by atoms with Gasteiger partial charge in [0.25, 0.3) is 0 Å². The van der Waals surface area contributed by atoms with Crippen LogP contribution < -0.4 is 0 Å². The third kappa shape index (κ3) is 12.1. The summed E-state index contributed by atoms with van der Waals surface area (Å²) in [5, 5.41) is 0. The van der Waals surface area contributed by atoms with E-state index >= 15 is 0 Å². The van der Waals surface area contributed by atoms with E-state index in [1.807, 2.05) is 0 Å². The molecule has 0 aromatic heterocycles. The van der Waals surface area contributed by atoms with E-state index in [0.29, 0.717) is 12.0 Å². The highest BCUT2D eigenvalue weighted by atomic mass is 16.7. The molecule has 0 saturated carbocycles. The Hall–Kier alpha value is -0.160. The van der Waals surface area contributed by atoms with Crippen molar-refractivity contribution in [2.75, 3.05) is 33.0 Å². The van der Waals surface area contributed by atoms with E-state index in [0.717, 1.165) is 65.1 Å². The number of epoxide rings is 1. The summed E-state index contributed by atoms with van der Waals surface area (Å²) in [5.74, 6) is 0.181. The van der Waals surface area contributed by atoms with Gasteiger partial charge in [0.15, 0.2) is 5.79 Å². The predicted octanol–water partition coefficient (Wildman–Crippen LogP) is 6.12. The summed E-state index contributed by atoms with van der Waals surface area (Å²) in [4.78, 5) is 0. The molecule has 0 radical (unpaired) electrons. The summed E-state index contributed by atoms with van der Waals surface area (Å²) in [6.45, 7) is 12.8. The minimum absolute atomic E-state index is 0.355. The highest BCUT2D eigenvalue weighted by Gasteiger charge is 2.33. The normalized spacial score (nSPS) is 18.0. The molecule has 0 aromatic carbocycles. The van der Waals surface area contributed by atoms with Gasteiger partial charge < -0.3 is 18.9 Å². The van der Waals surface area contributed by atoms with Crippen molar-refractivity contribution in [1.29, 1.82) is 0 Å². The molecule has 0 N–H and O–H groups in total. The molecule has 0 spiro atoms. The molecule has 0 amide bonds. The molecule has 1 rings (SSSR count). The zero-order chi connectivity index (χ0) is 19.8. The molecule has 1 aliphatic rings. The Balaban J connectivity index is 2.53. The maximum atomic E-state index is 6.28. The Labute approximate surface area is 168 Å². The maximum absolute atomic E-state index is 6.28. The third-order valence-electron chi connectivity index (χ3n) is 5.37. The summed E-state index contributed by atoms with van der Waals surface area (Å²) in [6, 6.07) is 0. The summed E-state index contributed by atoms with van der Waals surface area (Å²) >= 11 is 0. The topological polar surface area (TPSA) is 40.2 Å². The predicted molar refractivity (Wildman–Crippen MR) is 112 cm³/mol. The lowest BCUT2D eigenvalue weighted by Crippen LogP contribution is -2.38. The van der Waals surface area contributed by atoms with Crippen LogP contribution in [0.25, 0.3) is 0 Å². The molecular formula is C23H46O4. The van der Waals surface area contributed by atoms with Crippen molar-refractivity contribution < 1.29 is 18.9 Å². The lowest BCUT2D eigenvalue weighted by Gasteiger charge is -2.36.